The Bertz CT molecular complexity index is 978. The first kappa shape index (κ1) is 28.0. The second-order valence-electron chi connectivity index (χ2n) is 14.6. The summed E-state index contributed by atoms with van der Waals surface area (Å²) in [5, 5.41) is 0. The average molecular weight is 519 g/mol. The van der Waals surface area contributed by atoms with Gasteiger partial charge in [-0.1, -0.05) is 95.9 Å². The first-order chi connectivity index (χ1) is 18.2. The highest BCUT2D eigenvalue weighted by molar-refractivity contribution is 5.70. The maximum absolute atomic E-state index is 12.7. The number of esters is 1. The number of benzene rings is 1. The lowest BCUT2D eigenvalue weighted by molar-refractivity contribution is -0.151. The molecule has 3 fully saturated rings. The Kier molecular flexibility index (Phi) is 8.47. The van der Waals surface area contributed by atoms with Crippen molar-refractivity contribution in [3.05, 3.63) is 47.5 Å². The molecular formula is C36H54O2. The summed E-state index contributed by atoms with van der Waals surface area (Å²) in [6.45, 7) is 12.6. The highest BCUT2D eigenvalue weighted by Crippen LogP contribution is 2.67. The highest BCUT2D eigenvalue weighted by Gasteiger charge is 2.59. The Balaban J connectivity index is 1.19. The number of carbonyl (C=O) groups excluding carboxylic acids is 1. The first-order valence-electron chi connectivity index (χ1n) is 16.1. The molecule has 0 aromatic heterocycles. The number of rotatable bonds is 9. The van der Waals surface area contributed by atoms with Crippen LogP contribution in [0.3, 0.4) is 0 Å². The van der Waals surface area contributed by atoms with E-state index in [2.05, 4.69) is 52.8 Å². The third kappa shape index (κ3) is 5.53. The van der Waals surface area contributed by atoms with E-state index >= 15 is 0 Å². The summed E-state index contributed by atoms with van der Waals surface area (Å²) in [4.78, 5) is 12.7. The van der Waals surface area contributed by atoms with Gasteiger partial charge < -0.3 is 4.74 Å². The summed E-state index contributed by atoms with van der Waals surface area (Å²) in [5.41, 5.74) is 3.69. The molecule has 3 saturated carbocycles. The highest BCUT2D eigenvalue weighted by atomic mass is 16.5. The standard InChI is InChI=1S/C36H54O2/c1-25(2)10-9-11-26(3)31-17-18-32-30-16-15-28-24-29(38-34(37)19-14-27-12-7-6-8-13-27)20-22-35(28,4)33(30)21-23-36(31,32)5/h6-8,12-13,15,25-26,29-33H,9-11,14,16-24H2,1-5H3/t26?,29-,30-,31+,32-,33-,35-,36+/m0/s1. The minimum Gasteiger partial charge on any atom is -0.462 e. The van der Waals surface area contributed by atoms with Gasteiger partial charge in [-0.2, -0.15) is 0 Å². The minimum atomic E-state index is -0.0234. The molecule has 0 amide bonds. The number of hydrogen-bond acceptors (Lipinski definition) is 2. The molecule has 0 spiro atoms. The molecular weight excluding hydrogens is 464 g/mol. The molecule has 5 rings (SSSR count). The molecule has 0 bridgehead atoms. The van der Waals surface area contributed by atoms with Gasteiger partial charge in [0.1, 0.15) is 6.10 Å². The van der Waals surface area contributed by atoms with Crippen LogP contribution in [0.4, 0.5) is 0 Å². The smallest absolute Gasteiger partial charge is 0.306 e. The predicted molar refractivity (Wildman–Crippen MR) is 158 cm³/mol. The van der Waals surface area contributed by atoms with Crippen LogP contribution in [0.5, 0.6) is 0 Å². The van der Waals surface area contributed by atoms with Crippen molar-refractivity contribution in [3.63, 3.8) is 0 Å². The van der Waals surface area contributed by atoms with E-state index in [1.807, 2.05) is 18.2 Å². The van der Waals surface area contributed by atoms with Gasteiger partial charge in [0.05, 0.1) is 0 Å². The number of carbonyl (C=O) groups is 1. The number of allylic oxidation sites excluding steroid dienone is 1. The lowest BCUT2D eigenvalue weighted by Gasteiger charge is -2.58. The van der Waals surface area contributed by atoms with Crippen LogP contribution in [-0.2, 0) is 16.0 Å². The Labute approximate surface area is 233 Å². The van der Waals surface area contributed by atoms with Crippen LogP contribution in [0, 0.1) is 46.3 Å². The Hall–Kier alpha value is -1.57. The summed E-state index contributed by atoms with van der Waals surface area (Å²) < 4.78 is 6.04. The maximum Gasteiger partial charge on any atom is 0.306 e. The zero-order valence-corrected chi connectivity index (χ0v) is 25.0. The van der Waals surface area contributed by atoms with Crippen LogP contribution >= 0.6 is 0 Å². The lowest BCUT2D eigenvalue weighted by atomic mass is 9.47. The molecule has 38 heavy (non-hydrogen) atoms. The van der Waals surface area contributed by atoms with Crippen LogP contribution < -0.4 is 0 Å². The third-order valence-electron chi connectivity index (χ3n) is 12.0. The van der Waals surface area contributed by atoms with Crippen molar-refractivity contribution in [1.29, 1.82) is 0 Å². The molecule has 0 N–H and O–H groups in total. The Morgan fingerprint density at radius 2 is 1.76 bits per heavy atom. The van der Waals surface area contributed by atoms with Crippen LogP contribution in [-0.4, -0.2) is 12.1 Å². The molecule has 2 nitrogen and oxygen atoms in total. The molecule has 2 heteroatoms. The Morgan fingerprint density at radius 1 is 0.974 bits per heavy atom. The van der Waals surface area contributed by atoms with Gasteiger partial charge >= 0.3 is 5.97 Å². The predicted octanol–water partition coefficient (Wildman–Crippen LogP) is 9.57. The van der Waals surface area contributed by atoms with Crippen molar-refractivity contribution >= 4 is 5.97 Å². The monoisotopic (exact) mass is 518 g/mol. The van der Waals surface area contributed by atoms with E-state index in [1.54, 1.807) is 5.57 Å². The molecule has 1 unspecified atom stereocenters. The first-order valence-corrected chi connectivity index (χ1v) is 16.1. The van der Waals surface area contributed by atoms with Gasteiger partial charge in [0.2, 0.25) is 0 Å². The van der Waals surface area contributed by atoms with Gasteiger partial charge in [-0.05, 0) is 103 Å². The van der Waals surface area contributed by atoms with Crippen LogP contribution in [0.25, 0.3) is 0 Å². The summed E-state index contributed by atoms with van der Waals surface area (Å²) in [7, 11) is 0. The van der Waals surface area contributed by atoms with Gasteiger partial charge in [-0.15, -0.1) is 0 Å². The number of aryl methyl sites for hydroxylation is 1. The van der Waals surface area contributed by atoms with E-state index in [1.165, 1.54) is 63.4 Å². The van der Waals surface area contributed by atoms with Crippen molar-refractivity contribution in [2.75, 3.05) is 0 Å². The fourth-order valence-corrected chi connectivity index (χ4v) is 9.89. The number of ether oxygens (including phenoxy) is 1. The van der Waals surface area contributed by atoms with Gasteiger partial charge in [-0.25, -0.2) is 0 Å². The molecule has 0 heterocycles. The fourth-order valence-electron chi connectivity index (χ4n) is 9.89. The third-order valence-corrected chi connectivity index (χ3v) is 12.0. The van der Waals surface area contributed by atoms with Crippen LogP contribution in [0.2, 0.25) is 0 Å². The van der Waals surface area contributed by atoms with Crippen molar-refractivity contribution in [3.8, 4) is 0 Å². The molecule has 210 valence electrons. The zero-order valence-electron chi connectivity index (χ0n) is 25.0. The topological polar surface area (TPSA) is 26.3 Å². The fraction of sp³-hybridized carbons (Fsp3) is 0.750. The summed E-state index contributed by atoms with van der Waals surface area (Å²) >= 11 is 0. The molecule has 8 atom stereocenters. The van der Waals surface area contributed by atoms with E-state index in [0.717, 1.165) is 54.8 Å². The molecule has 0 saturated heterocycles. The van der Waals surface area contributed by atoms with Crippen molar-refractivity contribution < 1.29 is 9.53 Å². The van der Waals surface area contributed by atoms with Gasteiger partial charge in [0, 0.05) is 12.8 Å². The van der Waals surface area contributed by atoms with Crippen LogP contribution in [0.1, 0.15) is 117 Å². The molecule has 4 aliphatic rings. The quantitative estimate of drug-likeness (QED) is 0.240. The van der Waals surface area contributed by atoms with E-state index in [9.17, 15) is 4.79 Å². The molecule has 0 aliphatic heterocycles. The van der Waals surface area contributed by atoms with Gasteiger partial charge in [0.15, 0.2) is 0 Å². The summed E-state index contributed by atoms with van der Waals surface area (Å²) in [5.74, 6) is 5.20. The van der Waals surface area contributed by atoms with E-state index in [-0.39, 0.29) is 12.1 Å². The van der Waals surface area contributed by atoms with Crippen molar-refractivity contribution in [1.82, 2.24) is 0 Å². The van der Waals surface area contributed by atoms with E-state index in [4.69, 9.17) is 4.74 Å². The van der Waals surface area contributed by atoms with Gasteiger partial charge in [0.25, 0.3) is 0 Å². The van der Waals surface area contributed by atoms with Crippen LogP contribution in [0.15, 0.2) is 42.0 Å². The molecule has 0 radical (unpaired) electrons. The van der Waals surface area contributed by atoms with Crippen molar-refractivity contribution in [2.45, 2.75) is 124 Å². The van der Waals surface area contributed by atoms with Crippen molar-refractivity contribution in [2.24, 2.45) is 46.3 Å². The van der Waals surface area contributed by atoms with E-state index < -0.39 is 0 Å². The Morgan fingerprint density at radius 3 is 2.53 bits per heavy atom. The second-order valence-corrected chi connectivity index (χ2v) is 14.6. The number of hydrogen-bond donors (Lipinski definition) is 0. The van der Waals surface area contributed by atoms with E-state index in [0.29, 0.717) is 17.3 Å². The molecule has 4 aliphatic carbocycles. The molecule has 1 aromatic rings. The number of fused-ring (bicyclic) bond motifs is 5. The molecule has 1 aromatic carbocycles. The average Bonchev–Trinajstić information content (AvgIpc) is 3.25. The summed E-state index contributed by atoms with van der Waals surface area (Å²) in [6.07, 6.45) is 18.4. The maximum atomic E-state index is 12.7. The summed E-state index contributed by atoms with van der Waals surface area (Å²) in [6, 6.07) is 10.3. The lowest BCUT2D eigenvalue weighted by Crippen LogP contribution is -2.51. The second kappa shape index (κ2) is 11.5. The SMILES string of the molecule is CC(C)CCCC(C)[C@H]1CC[C@H]2[C@@H]3CC=C4C[C@@H](OC(=O)CCc5ccccc5)CC[C@]4(C)[C@H]3CC[C@]12C. The van der Waals surface area contributed by atoms with Gasteiger partial charge in [-0.3, -0.25) is 4.79 Å². The minimum absolute atomic E-state index is 0.0234. The zero-order chi connectivity index (χ0) is 26.9. The largest absolute Gasteiger partial charge is 0.462 e. The normalized spacial score (nSPS) is 37.1.